The molecule has 0 amide bonds. The highest BCUT2D eigenvalue weighted by Crippen LogP contribution is 2.25. The first-order valence-electron chi connectivity index (χ1n) is 6.80. The van der Waals surface area contributed by atoms with Gasteiger partial charge in [0.2, 0.25) is 0 Å². The predicted octanol–water partition coefficient (Wildman–Crippen LogP) is 2.77. The summed E-state index contributed by atoms with van der Waals surface area (Å²) < 4.78 is 2.10. The average molecular weight is 234 g/mol. The molecule has 1 unspecified atom stereocenters. The molecule has 1 aliphatic carbocycles. The Hall–Kier alpha value is -1.12. The molecule has 94 valence electrons. The molecular formula is C14H22N2O. The summed E-state index contributed by atoms with van der Waals surface area (Å²) in [5.74, 6) is 0.988. The zero-order valence-electron chi connectivity index (χ0n) is 10.9. The summed E-state index contributed by atoms with van der Waals surface area (Å²) >= 11 is 0. The van der Waals surface area contributed by atoms with E-state index in [-0.39, 0.29) is 0 Å². The van der Waals surface area contributed by atoms with E-state index in [2.05, 4.69) is 29.7 Å². The van der Waals surface area contributed by atoms with E-state index in [0.717, 1.165) is 38.6 Å². The van der Waals surface area contributed by atoms with Crippen molar-refractivity contribution in [2.24, 2.45) is 5.92 Å². The fourth-order valence-electron chi connectivity index (χ4n) is 2.71. The lowest BCUT2D eigenvalue weighted by Crippen LogP contribution is -2.18. The first-order valence-corrected chi connectivity index (χ1v) is 6.80. The van der Waals surface area contributed by atoms with E-state index in [9.17, 15) is 4.79 Å². The number of rotatable bonds is 4. The molecule has 1 atom stereocenters. The number of aromatic nitrogens is 2. The van der Waals surface area contributed by atoms with E-state index in [1.165, 1.54) is 17.8 Å². The Morgan fingerprint density at radius 1 is 1.47 bits per heavy atom. The normalized spacial score (nSPS) is 20.8. The molecule has 17 heavy (non-hydrogen) atoms. The van der Waals surface area contributed by atoms with Gasteiger partial charge in [-0.2, -0.15) is 5.10 Å². The number of Topliss-reactive ketones (excluding diaryl/α,β-unsaturated/α-hetero) is 1. The minimum absolute atomic E-state index is 0.444. The van der Waals surface area contributed by atoms with Gasteiger partial charge < -0.3 is 0 Å². The monoisotopic (exact) mass is 234 g/mol. The zero-order chi connectivity index (χ0) is 12.3. The second-order valence-electron chi connectivity index (χ2n) is 5.00. The topological polar surface area (TPSA) is 34.9 Å². The summed E-state index contributed by atoms with van der Waals surface area (Å²) in [6, 6.07) is 2.21. The van der Waals surface area contributed by atoms with E-state index in [1.54, 1.807) is 0 Å². The van der Waals surface area contributed by atoms with Crippen molar-refractivity contribution in [3.8, 4) is 0 Å². The smallest absolute Gasteiger partial charge is 0.133 e. The molecule has 0 aliphatic heterocycles. The Morgan fingerprint density at radius 2 is 2.29 bits per heavy atom. The highest BCUT2D eigenvalue weighted by atomic mass is 16.1. The highest BCUT2D eigenvalue weighted by Gasteiger charge is 2.21. The molecular weight excluding hydrogens is 212 g/mol. The van der Waals surface area contributed by atoms with Crippen LogP contribution in [0, 0.1) is 5.92 Å². The van der Waals surface area contributed by atoms with Gasteiger partial charge in [-0.15, -0.1) is 0 Å². The number of hydrogen-bond acceptors (Lipinski definition) is 2. The molecule has 1 fully saturated rings. The maximum Gasteiger partial charge on any atom is 0.133 e. The van der Waals surface area contributed by atoms with Crippen LogP contribution in [-0.2, 0) is 24.2 Å². The number of nitrogens with zero attached hydrogens (tertiary/aromatic N) is 2. The summed E-state index contributed by atoms with van der Waals surface area (Å²) in [4.78, 5) is 11.5. The Kier molecular flexibility index (Phi) is 3.97. The standard InChI is InChI=1S/C14H22N2O/c1-3-12-10-13(16(4-2)15-12)8-11-6-5-7-14(17)9-11/h10-11H,3-9H2,1-2H3. The first-order chi connectivity index (χ1) is 8.22. The van der Waals surface area contributed by atoms with Crippen LogP contribution in [0.1, 0.15) is 50.9 Å². The van der Waals surface area contributed by atoms with Gasteiger partial charge in [-0.3, -0.25) is 9.48 Å². The number of ketones is 1. The summed E-state index contributed by atoms with van der Waals surface area (Å²) in [5, 5.41) is 4.56. The number of carbonyl (C=O) groups is 1. The summed E-state index contributed by atoms with van der Waals surface area (Å²) in [6.07, 6.45) is 5.85. The molecule has 0 aromatic carbocycles. The lowest BCUT2D eigenvalue weighted by Gasteiger charge is -2.20. The number of carbonyl (C=O) groups excluding carboxylic acids is 1. The minimum atomic E-state index is 0.444. The van der Waals surface area contributed by atoms with Crippen molar-refractivity contribution >= 4 is 5.78 Å². The van der Waals surface area contributed by atoms with Gasteiger partial charge >= 0.3 is 0 Å². The lowest BCUT2D eigenvalue weighted by molar-refractivity contribution is -0.121. The third-order valence-electron chi connectivity index (χ3n) is 3.66. The van der Waals surface area contributed by atoms with Crippen molar-refractivity contribution in [1.29, 1.82) is 0 Å². The van der Waals surface area contributed by atoms with Crippen molar-refractivity contribution in [3.63, 3.8) is 0 Å². The zero-order valence-corrected chi connectivity index (χ0v) is 10.9. The molecule has 0 spiro atoms. The van der Waals surface area contributed by atoms with Gasteiger partial charge in [0.15, 0.2) is 0 Å². The Labute approximate surface area is 103 Å². The van der Waals surface area contributed by atoms with Gasteiger partial charge in [-0.1, -0.05) is 6.92 Å². The van der Waals surface area contributed by atoms with Crippen molar-refractivity contribution in [2.75, 3.05) is 0 Å². The van der Waals surface area contributed by atoms with E-state index in [0.29, 0.717) is 11.7 Å². The van der Waals surface area contributed by atoms with Gasteiger partial charge in [-0.25, -0.2) is 0 Å². The molecule has 1 aliphatic rings. The van der Waals surface area contributed by atoms with Crippen molar-refractivity contribution < 1.29 is 4.79 Å². The molecule has 3 nitrogen and oxygen atoms in total. The van der Waals surface area contributed by atoms with Gasteiger partial charge in [0, 0.05) is 25.1 Å². The molecule has 1 saturated carbocycles. The second-order valence-corrected chi connectivity index (χ2v) is 5.00. The predicted molar refractivity (Wildman–Crippen MR) is 67.9 cm³/mol. The first kappa shape index (κ1) is 12.3. The largest absolute Gasteiger partial charge is 0.300 e. The van der Waals surface area contributed by atoms with Gasteiger partial charge in [0.25, 0.3) is 0 Å². The van der Waals surface area contributed by atoms with Crippen LogP contribution in [-0.4, -0.2) is 15.6 Å². The van der Waals surface area contributed by atoms with Crippen LogP contribution in [0.5, 0.6) is 0 Å². The Morgan fingerprint density at radius 3 is 2.94 bits per heavy atom. The molecule has 0 N–H and O–H groups in total. The SMILES string of the molecule is CCc1cc(CC2CCCC(=O)C2)n(CC)n1. The van der Waals surface area contributed by atoms with E-state index in [4.69, 9.17) is 0 Å². The van der Waals surface area contributed by atoms with Crippen LogP contribution in [0.2, 0.25) is 0 Å². The molecule has 2 rings (SSSR count). The van der Waals surface area contributed by atoms with Gasteiger partial charge in [0.1, 0.15) is 5.78 Å². The van der Waals surface area contributed by atoms with Crippen LogP contribution in [0.3, 0.4) is 0 Å². The Balaban J connectivity index is 2.06. The van der Waals surface area contributed by atoms with Crippen molar-refractivity contribution in [3.05, 3.63) is 17.5 Å². The second kappa shape index (κ2) is 5.48. The molecule has 3 heteroatoms. The summed E-state index contributed by atoms with van der Waals surface area (Å²) in [5.41, 5.74) is 2.48. The van der Waals surface area contributed by atoms with Crippen LogP contribution < -0.4 is 0 Å². The lowest BCUT2D eigenvalue weighted by atomic mass is 9.85. The van der Waals surface area contributed by atoms with Crippen molar-refractivity contribution in [1.82, 2.24) is 9.78 Å². The van der Waals surface area contributed by atoms with Crippen LogP contribution in [0.25, 0.3) is 0 Å². The molecule has 0 saturated heterocycles. The molecule has 1 heterocycles. The fraction of sp³-hybridized carbons (Fsp3) is 0.714. The van der Waals surface area contributed by atoms with Gasteiger partial charge in [-0.05, 0) is 44.6 Å². The van der Waals surface area contributed by atoms with Crippen LogP contribution in [0.15, 0.2) is 6.07 Å². The van der Waals surface area contributed by atoms with Crippen molar-refractivity contribution in [2.45, 2.75) is 58.9 Å². The quantitative estimate of drug-likeness (QED) is 0.803. The molecule has 1 aromatic rings. The maximum atomic E-state index is 11.5. The average Bonchev–Trinajstić information content (AvgIpc) is 2.71. The third kappa shape index (κ3) is 2.96. The molecule has 1 aromatic heterocycles. The van der Waals surface area contributed by atoms with E-state index in [1.807, 2.05) is 0 Å². The summed E-state index contributed by atoms with van der Waals surface area (Å²) in [6.45, 7) is 5.19. The van der Waals surface area contributed by atoms with Crippen LogP contribution in [0.4, 0.5) is 0 Å². The Bertz CT molecular complexity index is 395. The minimum Gasteiger partial charge on any atom is -0.300 e. The molecule has 0 radical (unpaired) electrons. The van der Waals surface area contributed by atoms with E-state index >= 15 is 0 Å². The van der Waals surface area contributed by atoms with Gasteiger partial charge in [0.05, 0.1) is 5.69 Å². The fourth-order valence-corrected chi connectivity index (χ4v) is 2.71. The highest BCUT2D eigenvalue weighted by molar-refractivity contribution is 5.79. The third-order valence-corrected chi connectivity index (χ3v) is 3.66. The number of aryl methyl sites for hydroxylation is 2. The summed E-state index contributed by atoms with van der Waals surface area (Å²) in [7, 11) is 0. The van der Waals surface area contributed by atoms with E-state index < -0.39 is 0 Å². The molecule has 0 bridgehead atoms. The maximum absolute atomic E-state index is 11.5. The van der Waals surface area contributed by atoms with Crippen LogP contribution >= 0.6 is 0 Å². The number of hydrogen-bond donors (Lipinski definition) is 0.